The van der Waals surface area contributed by atoms with E-state index in [-0.39, 0.29) is 0 Å². The SMILES string of the molecule is O=C1C(=O)N(CCCBr)c2cc(Cl)ccc21. The minimum atomic E-state index is -0.460. The van der Waals surface area contributed by atoms with Gasteiger partial charge in [0.05, 0.1) is 11.3 Å². The number of halogens is 2. The molecule has 0 unspecified atom stereocenters. The number of ketones is 1. The molecule has 84 valence electrons. The van der Waals surface area contributed by atoms with E-state index in [1.54, 1.807) is 18.2 Å². The van der Waals surface area contributed by atoms with Crippen molar-refractivity contribution in [3.05, 3.63) is 28.8 Å². The Morgan fingerprint density at radius 3 is 2.75 bits per heavy atom. The van der Waals surface area contributed by atoms with Crippen molar-refractivity contribution >= 4 is 44.9 Å². The van der Waals surface area contributed by atoms with Gasteiger partial charge >= 0.3 is 0 Å². The van der Waals surface area contributed by atoms with E-state index in [0.717, 1.165) is 11.8 Å². The lowest BCUT2D eigenvalue weighted by molar-refractivity contribution is -0.114. The van der Waals surface area contributed by atoms with Crippen molar-refractivity contribution in [3.63, 3.8) is 0 Å². The van der Waals surface area contributed by atoms with Gasteiger partial charge in [0.1, 0.15) is 0 Å². The van der Waals surface area contributed by atoms with Gasteiger partial charge in [-0.1, -0.05) is 27.5 Å². The van der Waals surface area contributed by atoms with E-state index in [2.05, 4.69) is 15.9 Å². The fourth-order valence-corrected chi connectivity index (χ4v) is 2.12. The van der Waals surface area contributed by atoms with E-state index in [4.69, 9.17) is 11.6 Å². The van der Waals surface area contributed by atoms with Crippen molar-refractivity contribution in [3.8, 4) is 0 Å². The Kier molecular flexibility index (Phi) is 3.30. The first kappa shape index (κ1) is 11.6. The lowest BCUT2D eigenvalue weighted by Crippen LogP contribution is -2.30. The molecule has 0 bridgehead atoms. The third-order valence-corrected chi connectivity index (χ3v) is 3.25. The summed E-state index contributed by atoms with van der Waals surface area (Å²) in [5, 5.41) is 1.33. The van der Waals surface area contributed by atoms with Gasteiger partial charge in [0.25, 0.3) is 11.7 Å². The van der Waals surface area contributed by atoms with Gasteiger partial charge in [0, 0.05) is 16.9 Å². The van der Waals surface area contributed by atoms with Crippen molar-refractivity contribution in [2.75, 3.05) is 16.8 Å². The molecule has 1 aliphatic rings. The summed E-state index contributed by atoms with van der Waals surface area (Å²) in [6.45, 7) is 0.531. The van der Waals surface area contributed by atoms with Crippen molar-refractivity contribution in [2.24, 2.45) is 0 Å². The van der Waals surface area contributed by atoms with Gasteiger partial charge in [-0.25, -0.2) is 0 Å². The van der Waals surface area contributed by atoms with Crippen LogP contribution in [-0.2, 0) is 4.79 Å². The number of hydrogen-bond acceptors (Lipinski definition) is 2. The standard InChI is InChI=1S/C11H9BrClNO2/c12-4-1-5-14-9-6-7(13)2-3-8(9)10(15)11(14)16/h2-3,6H,1,4-5H2. The maximum atomic E-state index is 11.7. The minimum Gasteiger partial charge on any atom is -0.305 e. The Hall–Kier alpha value is -0.870. The highest BCUT2D eigenvalue weighted by Gasteiger charge is 2.35. The first-order valence-electron chi connectivity index (χ1n) is 4.87. The molecule has 0 spiro atoms. The molecule has 0 fully saturated rings. The van der Waals surface area contributed by atoms with E-state index in [9.17, 15) is 9.59 Å². The summed E-state index contributed by atoms with van der Waals surface area (Å²) < 4.78 is 0. The molecule has 0 aliphatic carbocycles. The number of hydrogen-bond donors (Lipinski definition) is 0. The summed E-state index contributed by atoms with van der Waals surface area (Å²) in [4.78, 5) is 24.8. The molecule has 1 aliphatic heterocycles. The van der Waals surface area contributed by atoms with Gasteiger partial charge in [-0.05, 0) is 24.6 Å². The van der Waals surface area contributed by atoms with Crippen molar-refractivity contribution < 1.29 is 9.59 Å². The second-order valence-electron chi connectivity index (χ2n) is 3.49. The summed E-state index contributed by atoms with van der Waals surface area (Å²) in [6.07, 6.45) is 0.797. The monoisotopic (exact) mass is 301 g/mol. The van der Waals surface area contributed by atoms with Crippen LogP contribution in [0.4, 0.5) is 5.69 Å². The third-order valence-electron chi connectivity index (χ3n) is 2.45. The van der Waals surface area contributed by atoms with Gasteiger partial charge in [0.2, 0.25) is 0 Å². The van der Waals surface area contributed by atoms with Gasteiger partial charge < -0.3 is 4.90 Å². The van der Waals surface area contributed by atoms with Crippen LogP contribution in [0.15, 0.2) is 18.2 Å². The molecule has 3 nitrogen and oxygen atoms in total. The number of carbonyl (C=O) groups is 2. The quantitative estimate of drug-likeness (QED) is 0.636. The topological polar surface area (TPSA) is 37.4 Å². The van der Waals surface area contributed by atoms with Gasteiger partial charge in [0.15, 0.2) is 0 Å². The Balaban J connectivity index is 2.39. The molecule has 5 heteroatoms. The fourth-order valence-electron chi connectivity index (χ4n) is 1.71. The van der Waals surface area contributed by atoms with Crippen LogP contribution in [0.25, 0.3) is 0 Å². The van der Waals surface area contributed by atoms with Crippen LogP contribution in [-0.4, -0.2) is 23.6 Å². The van der Waals surface area contributed by atoms with E-state index in [0.29, 0.717) is 22.8 Å². The van der Waals surface area contributed by atoms with Gasteiger partial charge in [-0.3, -0.25) is 9.59 Å². The van der Waals surface area contributed by atoms with Crippen LogP contribution in [0.3, 0.4) is 0 Å². The van der Waals surface area contributed by atoms with Crippen molar-refractivity contribution in [1.82, 2.24) is 0 Å². The summed E-state index contributed by atoms with van der Waals surface area (Å²) in [5.74, 6) is -0.903. The molecule has 2 rings (SSSR count). The molecule has 1 heterocycles. The number of anilines is 1. The average molecular weight is 303 g/mol. The van der Waals surface area contributed by atoms with E-state index in [1.807, 2.05) is 0 Å². The van der Waals surface area contributed by atoms with Crippen LogP contribution in [0.5, 0.6) is 0 Å². The van der Waals surface area contributed by atoms with Gasteiger partial charge in [-0.15, -0.1) is 0 Å². The number of alkyl halides is 1. The van der Waals surface area contributed by atoms with Crippen LogP contribution in [0.2, 0.25) is 5.02 Å². The highest BCUT2D eigenvalue weighted by atomic mass is 79.9. The molecule has 1 amide bonds. The number of nitrogens with zero attached hydrogens (tertiary/aromatic N) is 1. The molecule has 16 heavy (non-hydrogen) atoms. The minimum absolute atomic E-state index is 0.443. The lowest BCUT2D eigenvalue weighted by Gasteiger charge is -2.15. The summed E-state index contributed by atoms with van der Waals surface area (Å²) >= 11 is 9.16. The number of fused-ring (bicyclic) bond motifs is 1. The molecule has 0 radical (unpaired) electrons. The molecule has 0 aromatic heterocycles. The maximum Gasteiger partial charge on any atom is 0.299 e. The summed E-state index contributed by atoms with van der Waals surface area (Å²) in [5.41, 5.74) is 1.08. The van der Waals surface area contributed by atoms with Crippen LogP contribution in [0.1, 0.15) is 16.8 Å². The van der Waals surface area contributed by atoms with E-state index < -0.39 is 11.7 Å². The number of rotatable bonds is 3. The Morgan fingerprint density at radius 1 is 1.31 bits per heavy atom. The van der Waals surface area contributed by atoms with Crippen LogP contribution < -0.4 is 4.90 Å². The fraction of sp³-hybridized carbons (Fsp3) is 0.273. The Morgan fingerprint density at radius 2 is 2.06 bits per heavy atom. The zero-order valence-electron chi connectivity index (χ0n) is 8.37. The van der Waals surface area contributed by atoms with Crippen molar-refractivity contribution in [2.45, 2.75) is 6.42 Å². The van der Waals surface area contributed by atoms with E-state index in [1.165, 1.54) is 4.90 Å². The Bertz CT molecular complexity index is 461. The molecule has 0 atom stereocenters. The number of Topliss-reactive ketones (excluding diaryl/α,β-unsaturated/α-hetero) is 1. The molecule has 0 N–H and O–H groups in total. The maximum absolute atomic E-state index is 11.7. The molecule has 0 saturated heterocycles. The predicted octanol–water partition coefficient (Wildman–Crippen LogP) is 2.65. The molecule has 1 aromatic rings. The second kappa shape index (κ2) is 4.55. The predicted molar refractivity (Wildman–Crippen MR) is 66.5 cm³/mol. The molecular formula is C11H9BrClNO2. The van der Waals surface area contributed by atoms with Gasteiger partial charge in [-0.2, -0.15) is 0 Å². The second-order valence-corrected chi connectivity index (χ2v) is 4.72. The molecule has 0 saturated carbocycles. The summed E-state index contributed by atoms with van der Waals surface area (Å²) in [6, 6.07) is 4.89. The first-order valence-corrected chi connectivity index (χ1v) is 6.37. The normalized spacial score (nSPS) is 14.5. The Labute approximate surface area is 107 Å². The summed E-state index contributed by atoms with van der Waals surface area (Å²) in [7, 11) is 0. The van der Waals surface area contributed by atoms with Crippen LogP contribution in [0, 0.1) is 0 Å². The number of carbonyl (C=O) groups excluding carboxylic acids is 2. The average Bonchev–Trinajstić information content (AvgIpc) is 2.50. The highest BCUT2D eigenvalue weighted by molar-refractivity contribution is 9.09. The smallest absolute Gasteiger partial charge is 0.299 e. The zero-order chi connectivity index (χ0) is 11.7. The number of benzene rings is 1. The highest BCUT2D eigenvalue weighted by Crippen LogP contribution is 2.31. The lowest BCUT2D eigenvalue weighted by atomic mass is 10.1. The van der Waals surface area contributed by atoms with Crippen LogP contribution >= 0.6 is 27.5 Å². The zero-order valence-corrected chi connectivity index (χ0v) is 10.7. The van der Waals surface area contributed by atoms with E-state index >= 15 is 0 Å². The number of amides is 1. The largest absolute Gasteiger partial charge is 0.305 e. The molecular weight excluding hydrogens is 293 g/mol. The molecule has 1 aromatic carbocycles. The third kappa shape index (κ3) is 1.87. The van der Waals surface area contributed by atoms with Crippen molar-refractivity contribution in [1.29, 1.82) is 0 Å². The first-order chi connectivity index (χ1) is 7.65.